The van der Waals surface area contributed by atoms with Crippen molar-refractivity contribution in [2.45, 2.75) is 63.6 Å². The average Bonchev–Trinajstić information content (AvgIpc) is 3.03. The lowest BCUT2D eigenvalue weighted by Gasteiger charge is -2.36. The lowest BCUT2D eigenvalue weighted by atomic mass is 9.85. The molecule has 0 aromatic heterocycles. The van der Waals surface area contributed by atoms with Crippen LogP contribution < -0.4 is 5.32 Å². The molecular formula is C16H32N2O2. The zero-order chi connectivity index (χ0) is 14.6. The molecule has 20 heavy (non-hydrogen) atoms. The van der Waals surface area contributed by atoms with Gasteiger partial charge in [0, 0.05) is 18.2 Å². The van der Waals surface area contributed by atoms with E-state index < -0.39 is 0 Å². The molecule has 2 rings (SSSR count). The zero-order valence-corrected chi connectivity index (χ0v) is 13.4. The molecule has 2 aliphatic rings. The second-order valence-electron chi connectivity index (χ2n) is 6.63. The van der Waals surface area contributed by atoms with Crippen molar-refractivity contribution in [1.82, 2.24) is 10.2 Å². The van der Waals surface area contributed by atoms with Gasteiger partial charge in [-0.2, -0.15) is 0 Å². The van der Waals surface area contributed by atoms with Crippen LogP contribution in [0.5, 0.6) is 0 Å². The van der Waals surface area contributed by atoms with E-state index in [1.807, 2.05) is 0 Å². The highest BCUT2D eigenvalue weighted by Crippen LogP contribution is 2.38. The van der Waals surface area contributed by atoms with Crippen LogP contribution in [-0.2, 0) is 4.74 Å². The summed E-state index contributed by atoms with van der Waals surface area (Å²) in [5.41, 5.74) is -0.0205. The first-order chi connectivity index (χ1) is 9.63. The molecule has 0 bridgehead atoms. The van der Waals surface area contributed by atoms with Crippen LogP contribution in [0.25, 0.3) is 0 Å². The Bertz CT molecular complexity index is 300. The number of aliphatic hydroxyl groups excluding tert-OH is 1. The molecule has 0 amide bonds. The summed E-state index contributed by atoms with van der Waals surface area (Å²) in [4.78, 5) is 2.46. The molecule has 118 valence electrons. The molecule has 0 aromatic carbocycles. The van der Waals surface area contributed by atoms with E-state index in [1.54, 1.807) is 0 Å². The first kappa shape index (κ1) is 16.2. The van der Waals surface area contributed by atoms with E-state index in [9.17, 15) is 5.11 Å². The molecule has 1 saturated heterocycles. The van der Waals surface area contributed by atoms with Crippen LogP contribution in [0, 0.1) is 5.92 Å². The highest BCUT2D eigenvalue weighted by Gasteiger charge is 2.41. The van der Waals surface area contributed by atoms with Gasteiger partial charge in [0.15, 0.2) is 0 Å². The third-order valence-electron chi connectivity index (χ3n) is 5.50. The molecule has 4 unspecified atom stereocenters. The van der Waals surface area contributed by atoms with Gasteiger partial charge in [0.25, 0.3) is 0 Å². The number of rotatable bonds is 7. The standard InChI is InChI=1S/C16H32N2O2/c1-4-17-16(12-19)9-5-6-14(16)7-10-18(3)15-8-11-20-13(15)2/h13-15,17,19H,4-12H2,1-3H3. The van der Waals surface area contributed by atoms with Gasteiger partial charge in [0.1, 0.15) is 0 Å². The SMILES string of the molecule is CCNC1(CO)CCCC1CCN(C)C1CCOC1C. The maximum atomic E-state index is 9.84. The van der Waals surface area contributed by atoms with E-state index in [1.165, 1.54) is 19.3 Å². The van der Waals surface area contributed by atoms with Crippen molar-refractivity contribution >= 4 is 0 Å². The van der Waals surface area contributed by atoms with Gasteiger partial charge >= 0.3 is 0 Å². The van der Waals surface area contributed by atoms with Crippen molar-refractivity contribution in [3.05, 3.63) is 0 Å². The molecule has 1 heterocycles. The largest absolute Gasteiger partial charge is 0.394 e. The fraction of sp³-hybridized carbons (Fsp3) is 1.00. The highest BCUT2D eigenvalue weighted by atomic mass is 16.5. The van der Waals surface area contributed by atoms with Gasteiger partial charge in [-0.1, -0.05) is 13.3 Å². The molecule has 0 aromatic rings. The van der Waals surface area contributed by atoms with Gasteiger partial charge in [-0.25, -0.2) is 0 Å². The van der Waals surface area contributed by atoms with Crippen LogP contribution in [0.4, 0.5) is 0 Å². The summed E-state index contributed by atoms with van der Waals surface area (Å²) >= 11 is 0. The minimum absolute atomic E-state index is 0.0205. The molecule has 1 saturated carbocycles. The van der Waals surface area contributed by atoms with E-state index in [0.29, 0.717) is 18.1 Å². The van der Waals surface area contributed by atoms with Crippen LogP contribution in [0.15, 0.2) is 0 Å². The van der Waals surface area contributed by atoms with Crippen LogP contribution in [0.1, 0.15) is 46.0 Å². The number of nitrogens with one attached hydrogen (secondary N) is 1. The first-order valence-corrected chi connectivity index (χ1v) is 8.30. The lowest BCUT2D eigenvalue weighted by Crippen LogP contribution is -2.52. The molecule has 4 nitrogen and oxygen atoms in total. The normalized spacial score (nSPS) is 38.0. The predicted molar refractivity (Wildman–Crippen MR) is 81.9 cm³/mol. The average molecular weight is 284 g/mol. The van der Waals surface area contributed by atoms with Crippen LogP contribution >= 0.6 is 0 Å². The van der Waals surface area contributed by atoms with Crippen LogP contribution in [-0.4, -0.2) is 61.0 Å². The first-order valence-electron chi connectivity index (χ1n) is 8.30. The summed E-state index contributed by atoms with van der Waals surface area (Å²) < 4.78 is 5.67. The molecule has 4 heteroatoms. The third-order valence-corrected chi connectivity index (χ3v) is 5.50. The Kier molecular flexibility index (Phi) is 5.84. The van der Waals surface area contributed by atoms with Crippen molar-refractivity contribution in [3.63, 3.8) is 0 Å². The van der Waals surface area contributed by atoms with Crippen molar-refractivity contribution < 1.29 is 9.84 Å². The number of likely N-dealkylation sites (N-methyl/N-ethyl adjacent to an activating group) is 2. The summed E-state index contributed by atoms with van der Waals surface area (Å²) in [6.07, 6.45) is 6.30. The van der Waals surface area contributed by atoms with Crippen molar-refractivity contribution in [2.75, 3.05) is 33.4 Å². The second kappa shape index (κ2) is 7.21. The van der Waals surface area contributed by atoms with Gasteiger partial charge in [0.2, 0.25) is 0 Å². The van der Waals surface area contributed by atoms with Gasteiger partial charge in [-0.05, 0) is 58.7 Å². The number of aliphatic hydroxyl groups is 1. The van der Waals surface area contributed by atoms with Crippen molar-refractivity contribution in [2.24, 2.45) is 5.92 Å². The molecule has 1 aliphatic heterocycles. The Morgan fingerprint density at radius 2 is 2.20 bits per heavy atom. The van der Waals surface area contributed by atoms with Gasteiger partial charge in [0.05, 0.1) is 12.7 Å². The maximum absolute atomic E-state index is 9.84. The molecule has 4 atom stereocenters. The minimum Gasteiger partial charge on any atom is -0.394 e. The van der Waals surface area contributed by atoms with Gasteiger partial charge in [-0.15, -0.1) is 0 Å². The molecular weight excluding hydrogens is 252 g/mol. The molecule has 0 spiro atoms. The fourth-order valence-corrected chi connectivity index (χ4v) is 4.24. The number of hydrogen-bond acceptors (Lipinski definition) is 4. The maximum Gasteiger partial charge on any atom is 0.0702 e. The Balaban J connectivity index is 1.85. The van der Waals surface area contributed by atoms with E-state index in [0.717, 1.165) is 32.5 Å². The van der Waals surface area contributed by atoms with Crippen molar-refractivity contribution in [3.8, 4) is 0 Å². The lowest BCUT2D eigenvalue weighted by molar-refractivity contribution is 0.0748. The number of hydrogen-bond donors (Lipinski definition) is 2. The highest BCUT2D eigenvalue weighted by molar-refractivity contribution is 4.99. The molecule has 1 aliphatic carbocycles. The van der Waals surface area contributed by atoms with Crippen LogP contribution in [0.3, 0.4) is 0 Å². The minimum atomic E-state index is -0.0205. The van der Waals surface area contributed by atoms with E-state index >= 15 is 0 Å². The van der Waals surface area contributed by atoms with Gasteiger partial charge in [-0.3, -0.25) is 0 Å². The Morgan fingerprint density at radius 3 is 2.80 bits per heavy atom. The summed E-state index contributed by atoms with van der Waals surface area (Å²) in [7, 11) is 2.22. The van der Waals surface area contributed by atoms with E-state index in [4.69, 9.17) is 4.74 Å². The molecule has 2 fully saturated rings. The summed E-state index contributed by atoms with van der Waals surface area (Å²) in [5.74, 6) is 0.604. The van der Waals surface area contributed by atoms with Crippen LogP contribution in [0.2, 0.25) is 0 Å². The smallest absolute Gasteiger partial charge is 0.0702 e. The zero-order valence-electron chi connectivity index (χ0n) is 13.4. The molecule has 2 N–H and O–H groups in total. The molecule has 0 radical (unpaired) electrons. The fourth-order valence-electron chi connectivity index (χ4n) is 4.24. The predicted octanol–water partition coefficient (Wildman–Crippen LogP) is 1.63. The van der Waals surface area contributed by atoms with E-state index in [-0.39, 0.29) is 12.1 Å². The Labute approximate surface area is 123 Å². The quantitative estimate of drug-likeness (QED) is 0.746. The summed E-state index contributed by atoms with van der Waals surface area (Å²) in [5, 5.41) is 13.4. The third kappa shape index (κ3) is 3.35. The summed E-state index contributed by atoms with van der Waals surface area (Å²) in [6, 6.07) is 0.569. The number of ether oxygens (including phenoxy) is 1. The topological polar surface area (TPSA) is 44.7 Å². The van der Waals surface area contributed by atoms with Gasteiger partial charge < -0.3 is 20.1 Å². The second-order valence-corrected chi connectivity index (χ2v) is 6.63. The Morgan fingerprint density at radius 1 is 1.40 bits per heavy atom. The van der Waals surface area contributed by atoms with Crippen molar-refractivity contribution in [1.29, 1.82) is 0 Å². The Hall–Kier alpha value is -0.160. The van der Waals surface area contributed by atoms with E-state index in [2.05, 4.69) is 31.1 Å². The number of nitrogens with zero attached hydrogens (tertiary/aromatic N) is 1. The monoisotopic (exact) mass is 284 g/mol. The summed E-state index contributed by atoms with van der Waals surface area (Å²) in [6.45, 7) is 7.54.